The molecule has 3 nitrogen and oxygen atoms in total. The molecule has 19 heavy (non-hydrogen) atoms. The lowest BCUT2D eigenvalue weighted by Gasteiger charge is -2.06. The molecule has 2 aromatic carbocycles. The van der Waals surface area contributed by atoms with Gasteiger partial charge in [-0.2, -0.15) is 5.10 Å². The van der Waals surface area contributed by atoms with Gasteiger partial charge in [-0.25, -0.2) is 0 Å². The van der Waals surface area contributed by atoms with Crippen molar-refractivity contribution in [2.75, 3.05) is 0 Å². The average molecular weight is 315 g/mol. The van der Waals surface area contributed by atoms with E-state index in [9.17, 15) is 0 Å². The van der Waals surface area contributed by atoms with E-state index in [0.29, 0.717) is 12.5 Å². The molecule has 0 amide bonds. The summed E-state index contributed by atoms with van der Waals surface area (Å²) in [6.07, 6.45) is 1.63. The summed E-state index contributed by atoms with van der Waals surface area (Å²) in [4.78, 5) is 0. The van der Waals surface area contributed by atoms with E-state index >= 15 is 0 Å². The summed E-state index contributed by atoms with van der Waals surface area (Å²) < 4.78 is 6.48. The van der Waals surface area contributed by atoms with Gasteiger partial charge in [0.15, 0.2) is 0 Å². The quantitative estimate of drug-likeness (QED) is 0.733. The third kappa shape index (κ3) is 2.90. The van der Waals surface area contributed by atoms with Gasteiger partial charge in [0.25, 0.3) is 0 Å². The summed E-state index contributed by atoms with van der Waals surface area (Å²) in [5.74, 6) is 0.516. The Bertz CT molecular complexity index is 715. The molecule has 0 aliphatic heterocycles. The lowest BCUT2D eigenvalue weighted by atomic mass is 10.1. The van der Waals surface area contributed by atoms with Crippen LogP contribution in [0.25, 0.3) is 10.8 Å². The van der Waals surface area contributed by atoms with Gasteiger partial charge < -0.3 is 4.74 Å². The summed E-state index contributed by atoms with van der Waals surface area (Å²) >= 11 is 3.34. The van der Waals surface area contributed by atoms with Gasteiger partial charge >= 0.3 is 0 Å². The molecule has 3 rings (SSSR count). The summed E-state index contributed by atoms with van der Waals surface area (Å²) in [5.41, 5.74) is 1.11. The zero-order chi connectivity index (χ0) is 13.1. The highest BCUT2D eigenvalue weighted by Crippen LogP contribution is 2.18. The van der Waals surface area contributed by atoms with E-state index in [1.165, 1.54) is 10.8 Å². The first-order valence-corrected chi connectivity index (χ1v) is 6.69. The molecule has 0 radical (unpaired) electrons. The number of hydrogen-bond acceptors (Lipinski definition) is 3. The topological polar surface area (TPSA) is 35.0 Å². The fourth-order valence-corrected chi connectivity index (χ4v) is 2.17. The predicted octanol–water partition coefficient (Wildman–Crippen LogP) is 3.97. The minimum atomic E-state index is 0.482. The lowest BCUT2D eigenvalue weighted by molar-refractivity contribution is 0.290. The van der Waals surface area contributed by atoms with E-state index in [2.05, 4.69) is 56.5 Å². The van der Waals surface area contributed by atoms with Gasteiger partial charge in [0, 0.05) is 10.5 Å². The Morgan fingerprint density at radius 2 is 1.84 bits per heavy atom. The molecule has 3 aromatic rings. The molecule has 0 saturated heterocycles. The maximum absolute atomic E-state index is 5.62. The SMILES string of the molecule is Brc1cnnc(OCc2ccc3ccccc3c2)c1. The Labute approximate surface area is 119 Å². The van der Waals surface area contributed by atoms with E-state index < -0.39 is 0 Å². The molecular weight excluding hydrogens is 304 g/mol. The summed E-state index contributed by atoms with van der Waals surface area (Å²) in [6, 6.07) is 16.4. The van der Waals surface area contributed by atoms with Crippen LogP contribution in [0, 0.1) is 0 Å². The number of fused-ring (bicyclic) bond motifs is 1. The minimum Gasteiger partial charge on any atom is -0.472 e. The van der Waals surface area contributed by atoms with Crippen LogP contribution in [0.2, 0.25) is 0 Å². The van der Waals surface area contributed by atoms with Crippen LogP contribution in [0.15, 0.2) is 59.2 Å². The molecule has 0 atom stereocenters. The van der Waals surface area contributed by atoms with Crippen LogP contribution < -0.4 is 4.74 Å². The first kappa shape index (κ1) is 12.1. The van der Waals surface area contributed by atoms with Gasteiger partial charge in [0.2, 0.25) is 5.88 Å². The highest BCUT2D eigenvalue weighted by atomic mass is 79.9. The van der Waals surface area contributed by atoms with Gasteiger partial charge in [-0.3, -0.25) is 0 Å². The number of benzene rings is 2. The number of aromatic nitrogens is 2. The van der Waals surface area contributed by atoms with Gasteiger partial charge in [-0.05, 0) is 38.3 Å². The van der Waals surface area contributed by atoms with Crippen LogP contribution in [0.4, 0.5) is 0 Å². The molecule has 1 heterocycles. The zero-order valence-electron chi connectivity index (χ0n) is 10.1. The standard InChI is InChI=1S/C15H11BrN2O/c16-14-8-15(18-17-9-14)19-10-11-5-6-12-3-1-2-4-13(12)7-11/h1-9H,10H2. The average Bonchev–Trinajstić information content (AvgIpc) is 2.45. The number of halogens is 1. The van der Waals surface area contributed by atoms with Gasteiger partial charge in [0.05, 0.1) is 6.20 Å². The van der Waals surface area contributed by atoms with E-state index in [4.69, 9.17) is 4.74 Å². The fraction of sp³-hybridized carbons (Fsp3) is 0.0667. The van der Waals surface area contributed by atoms with Crippen molar-refractivity contribution in [3.63, 3.8) is 0 Å². The first-order valence-electron chi connectivity index (χ1n) is 5.90. The van der Waals surface area contributed by atoms with Crippen LogP contribution >= 0.6 is 15.9 Å². The molecule has 0 fully saturated rings. The van der Waals surface area contributed by atoms with Gasteiger partial charge in [0.1, 0.15) is 6.61 Å². The van der Waals surface area contributed by atoms with Crippen LogP contribution in [0.5, 0.6) is 5.88 Å². The van der Waals surface area contributed by atoms with Crippen molar-refractivity contribution in [3.8, 4) is 5.88 Å². The third-order valence-corrected chi connectivity index (χ3v) is 3.23. The second-order valence-corrected chi connectivity index (χ2v) is 5.10. The summed E-state index contributed by atoms with van der Waals surface area (Å²) in [7, 11) is 0. The number of hydrogen-bond donors (Lipinski definition) is 0. The van der Waals surface area contributed by atoms with Crippen molar-refractivity contribution in [2.24, 2.45) is 0 Å². The van der Waals surface area contributed by atoms with E-state index in [0.717, 1.165) is 10.0 Å². The molecule has 0 aliphatic carbocycles. The number of nitrogens with zero attached hydrogens (tertiary/aromatic N) is 2. The van der Waals surface area contributed by atoms with E-state index in [1.54, 1.807) is 12.3 Å². The largest absolute Gasteiger partial charge is 0.472 e. The summed E-state index contributed by atoms with van der Waals surface area (Å²) in [6.45, 7) is 0.482. The Morgan fingerprint density at radius 1 is 1.00 bits per heavy atom. The van der Waals surface area contributed by atoms with Crippen molar-refractivity contribution in [2.45, 2.75) is 6.61 Å². The lowest BCUT2D eigenvalue weighted by Crippen LogP contribution is -1.98. The third-order valence-electron chi connectivity index (χ3n) is 2.80. The zero-order valence-corrected chi connectivity index (χ0v) is 11.7. The van der Waals surface area contributed by atoms with Gasteiger partial charge in [-0.1, -0.05) is 36.4 Å². The van der Waals surface area contributed by atoms with Crippen molar-refractivity contribution >= 4 is 26.7 Å². The van der Waals surface area contributed by atoms with E-state index in [1.807, 2.05) is 12.1 Å². The molecule has 0 unspecified atom stereocenters. The monoisotopic (exact) mass is 314 g/mol. The minimum absolute atomic E-state index is 0.482. The van der Waals surface area contributed by atoms with Crippen molar-refractivity contribution in [1.29, 1.82) is 0 Å². The molecule has 4 heteroatoms. The molecule has 0 N–H and O–H groups in total. The highest BCUT2D eigenvalue weighted by Gasteiger charge is 2.00. The maximum atomic E-state index is 5.62. The molecule has 0 saturated carbocycles. The molecular formula is C15H11BrN2O. The van der Waals surface area contributed by atoms with Gasteiger partial charge in [-0.15, -0.1) is 5.10 Å². The highest BCUT2D eigenvalue weighted by molar-refractivity contribution is 9.10. The van der Waals surface area contributed by atoms with E-state index in [-0.39, 0.29) is 0 Å². The molecule has 1 aromatic heterocycles. The Balaban J connectivity index is 1.78. The predicted molar refractivity (Wildman–Crippen MR) is 78.0 cm³/mol. The normalized spacial score (nSPS) is 10.6. The molecule has 0 bridgehead atoms. The van der Waals surface area contributed by atoms with Crippen molar-refractivity contribution in [3.05, 3.63) is 64.8 Å². The summed E-state index contributed by atoms with van der Waals surface area (Å²) in [5, 5.41) is 10.2. The van der Waals surface area contributed by atoms with Crippen molar-refractivity contribution in [1.82, 2.24) is 10.2 Å². The molecule has 94 valence electrons. The molecule has 0 spiro atoms. The number of ether oxygens (including phenoxy) is 1. The Kier molecular flexibility index (Phi) is 3.42. The van der Waals surface area contributed by atoms with Crippen LogP contribution in [0.1, 0.15) is 5.56 Å². The maximum Gasteiger partial charge on any atom is 0.234 e. The van der Waals surface area contributed by atoms with Crippen molar-refractivity contribution < 1.29 is 4.74 Å². The van der Waals surface area contributed by atoms with Crippen LogP contribution in [0.3, 0.4) is 0 Å². The van der Waals surface area contributed by atoms with Crippen LogP contribution in [-0.2, 0) is 6.61 Å². The second kappa shape index (κ2) is 5.36. The fourth-order valence-electron chi connectivity index (χ4n) is 1.88. The molecule has 0 aliphatic rings. The number of rotatable bonds is 3. The Hall–Kier alpha value is -1.94. The van der Waals surface area contributed by atoms with Crippen LogP contribution in [-0.4, -0.2) is 10.2 Å². The first-order chi connectivity index (χ1) is 9.31. The smallest absolute Gasteiger partial charge is 0.234 e. The second-order valence-electron chi connectivity index (χ2n) is 4.18. The Morgan fingerprint density at radius 3 is 2.68 bits per heavy atom.